The maximum Gasteiger partial charge on any atom is 0.292 e. The van der Waals surface area contributed by atoms with Crippen LogP contribution in [0.2, 0.25) is 0 Å². The van der Waals surface area contributed by atoms with Gasteiger partial charge in [0.15, 0.2) is 0 Å². The minimum absolute atomic E-state index is 0.0201. The SMILES string of the molecule is CC1CCN(c2ccc(CO)cc2[N+](=O)[O-])CC1O. The molecule has 19 heavy (non-hydrogen) atoms. The van der Waals surface area contributed by atoms with Gasteiger partial charge in [0.1, 0.15) is 5.69 Å². The molecule has 2 atom stereocenters. The van der Waals surface area contributed by atoms with Crippen LogP contribution in [0.1, 0.15) is 18.9 Å². The van der Waals surface area contributed by atoms with Crippen LogP contribution in [0.15, 0.2) is 18.2 Å². The van der Waals surface area contributed by atoms with Crippen molar-refractivity contribution in [3.63, 3.8) is 0 Å². The molecule has 0 amide bonds. The van der Waals surface area contributed by atoms with Gasteiger partial charge in [-0.1, -0.05) is 13.0 Å². The number of rotatable bonds is 3. The molecule has 0 spiro atoms. The van der Waals surface area contributed by atoms with E-state index in [1.54, 1.807) is 12.1 Å². The Kier molecular flexibility index (Phi) is 4.01. The monoisotopic (exact) mass is 266 g/mol. The summed E-state index contributed by atoms with van der Waals surface area (Å²) in [5, 5.41) is 30.0. The molecular weight excluding hydrogens is 248 g/mol. The summed E-state index contributed by atoms with van der Waals surface area (Å²) in [6.45, 7) is 2.85. The molecule has 0 bridgehead atoms. The lowest BCUT2D eigenvalue weighted by Gasteiger charge is -2.35. The van der Waals surface area contributed by atoms with Crippen LogP contribution >= 0.6 is 0 Å². The van der Waals surface area contributed by atoms with Crippen LogP contribution in [0.3, 0.4) is 0 Å². The highest BCUT2D eigenvalue weighted by atomic mass is 16.6. The lowest BCUT2D eigenvalue weighted by Crippen LogP contribution is -2.43. The fraction of sp³-hybridized carbons (Fsp3) is 0.538. The molecule has 104 valence electrons. The summed E-state index contributed by atoms with van der Waals surface area (Å²) in [6.07, 6.45) is 0.339. The Morgan fingerprint density at radius 2 is 2.26 bits per heavy atom. The van der Waals surface area contributed by atoms with Crippen molar-refractivity contribution < 1.29 is 15.1 Å². The Balaban J connectivity index is 2.31. The Bertz CT molecular complexity index is 478. The number of anilines is 1. The largest absolute Gasteiger partial charge is 0.392 e. The molecule has 0 radical (unpaired) electrons. The van der Waals surface area contributed by atoms with Gasteiger partial charge in [0.2, 0.25) is 0 Å². The zero-order chi connectivity index (χ0) is 14.0. The van der Waals surface area contributed by atoms with Crippen molar-refractivity contribution in [2.24, 2.45) is 5.92 Å². The number of nitrogens with zero attached hydrogens (tertiary/aromatic N) is 2. The van der Waals surface area contributed by atoms with Crippen molar-refractivity contribution >= 4 is 11.4 Å². The van der Waals surface area contributed by atoms with Crippen molar-refractivity contribution in [1.29, 1.82) is 0 Å². The van der Waals surface area contributed by atoms with Crippen LogP contribution in [-0.4, -0.2) is 34.3 Å². The minimum atomic E-state index is -0.467. The highest BCUT2D eigenvalue weighted by molar-refractivity contribution is 5.64. The third kappa shape index (κ3) is 2.85. The second-order valence-corrected chi connectivity index (χ2v) is 5.02. The fourth-order valence-electron chi connectivity index (χ4n) is 2.35. The summed E-state index contributed by atoms with van der Waals surface area (Å²) >= 11 is 0. The Morgan fingerprint density at radius 1 is 1.53 bits per heavy atom. The molecule has 2 N–H and O–H groups in total. The number of aliphatic hydroxyl groups excluding tert-OH is 2. The summed E-state index contributed by atoms with van der Waals surface area (Å²) in [5.41, 5.74) is 1.00. The first-order valence-corrected chi connectivity index (χ1v) is 6.34. The summed E-state index contributed by atoms with van der Waals surface area (Å²) in [7, 11) is 0. The molecule has 6 heteroatoms. The first-order valence-electron chi connectivity index (χ1n) is 6.34. The van der Waals surface area contributed by atoms with Gasteiger partial charge in [0, 0.05) is 19.2 Å². The zero-order valence-electron chi connectivity index (χ0n) is 10.8. The second-order valence-electron chi connectivity index (χ2n) is 5.02. The number of hydrogen-bond acceptors (Lipinski definition) is 5. The predicted molar refractivity (Wildman–Crippen MR) is 71.0 cm³/mol. The van der Waals surface area contributed by atoms with Gasteiger partial charge in [-0.05, 0) is 24.0 Å². The van der Waals surface area contributed by atoms with E-state index in [9.17, 15) is 15.2 Å². The molecule has 6 nitrogen and oxygen atoms in total. The Labute approximate surface area is 111 Å². The van der Waals surface area contributed by atoms with E-state index in [0.29, 0.717) is 24.3 Å². The molecule has 0 saturated carbocycles. The van der Waals surface area contributed by atoms with Gasteiger partial charge in [-0.3, -0.25) is 10.1 Å². The van der Waals surface area contributed by atoms with E-state index >= 15 is 0 Å². The molecule has 1 saturated heterocycles. The number of benzene rings is 1. The van der Waals surface area contributed by atoms with Crippen molar-refractivity contribution in [3.05, 3.63) is 33.9 Å². The summed E-state index contributed by atoms with van der Waals surface area (Å²) in [5.74, 6) is 0.215. The number of nitro benzene ring substituents is 1. The van der Waals surface area contributed by atoms with E-state index in [1.807, 2.05) is 11.8 Å². The molecule has 1 aromatic rings. The van der Waals surface area contributed by atoms with E-state index in [1.165, 1.54) is 6.07 Å². The van der Waals surface area contributed by atoms with Crippen molar-refractivity contribution in [1.82, 2.24) is 0 Å². The van der Waals surface area contributed by atoms with E-state index in [-0.39, 0.29) is 18.2 Å². The average Bonchev–Trinajstić information content (AvgIpc) is 2.41. The zero-order valence-corrected chi connectivity index (χ0v) is 10.8. The minimum Gasteiger partial charge on any atom is -0.392 e. The normalized spacial score (nSPS) is 23.4. The average molecular weight is 266 g/mol. The van der Waals surface area contributed by atoms with Gasteiger partial charge in [-0.25, -0.2) is 0 Å². The number of nitro groups is 1. The van der Waals surface area contributed by atoms with Gasteiger partial charge >= 0.3 is 0 Å². The van der Waals surface area contributed by atoms with Crippen LogP contribution in [0.25, 0.3) is 0 Å². The van der Waals surface area contributed by atoms with E-state index < -0.39 is 11.0 Å². The molecule has 1 heterocycles. The maximum atomic E-state index is 11.1. The predicted octanol–water partition coefficient (Wildman–Crippen LogP) is 1.29. The van der Waals surface area contributed by atoms with Gasteiger partial charge < -0.3 is 15.1 Å². The number of aliphatic hydroxyl groups is 2. The molecule has 2 rings (SSSR count). The molecule has 2 unspecified atom stereocenters. The quantitative estimate of drug-likeness (QED) is 0.636. The molecule has 1 aliphatic heterocycles. The Morgan fingerprint density at radius 3 is 2.84 bits per heavy atom. The van der Waals surface area contributed by atoms with Crippen LogP contribution in [0.4, 0.5) is 11.4 Å². The third-order valence-electron chi connectivity index (χ3n) is 3.68. The van der Waals surface area contributed by atoms with Gasteiger partial charge in [-0.15, -0.1) is 0 Å². The van der Waals surface area contributed by atoms with E-state index in [2.05, 4.69) is 0 Å². The topological polar surface area (TPSA) is 86.8 Å². The number of piperidine rings is 1. The van der Waals surface area contributed by atoms with Crippen molar-refractivity contribution in [2.45, 2.75) is 26.1 Å². The summed E-state index contributed by atoms with van der Waals surface area (Å²) in [6, 6.07) is 4.71. The number of hydrogen-bond donors (Lipinski definition) is 2. The Hall–Kier alpha value is -1.66. The fourth-order valence-corrected chi connectivity index (χ4v) is 2.35. The van der Waals surface area contributed by atoms with Crippen molar-refractivity contribution in [3.8, 4) is 0 Å². The van der Waals surface area contributed by atoms with Crippen molar-refractivity contribution in [2.75, 3.05) is 18.0 Å². The maximum absolute atomic E-state index is 11.1. The van der Waals surface area contributed by atoms with Crippen LogP contribution < -0.4 is 4.90 Å². The third-order valence-corrected chi connectivity index (χ3v) is 3.68. The standard InChI is InChI=1S/C13H18N2O4/c1-9-4-5-14(7-13(9)17)11-3-2-10(8-16)6-12(11)15(18)19/h2-3,6,9,13,16-17H,4-5,7-8H2,1H3. The lowest BCUT2D eigenvalue weighted by atomic mass is 9.95. The van der Waals surface area contributed by atoms with Gasteiger partial charge in [0.25, 0.3) is 5.69 Å². The van der Waals surface area contributed by atoms with Gasteiger partial charge in [-0.2, -0.15) is 0 Å². The summed E-state index contributed by atoms with van der Waals surface area (Å²) < 4.78 is 0. The highest BCUT2D eigenvalue weighted by Crippen LogP contribution is 2.32. The molecule has 1 aromatic carbocycles. The van der Waals surface area contributed by atoms with Crippen LogP contribution in [0, 0.1) is 16.0 Å². The first kappa shape index (κ1) is 13.8. The molecular formula is C13H18N2O4. The first-order chi connectivity index (χ1) is 9.02. The van der Waals surface area contributed by atoms with Gasteiger partial charge in [0.05, 0.1) is 17.6 Å². The molecule has 1 fully saturated rings. The van der Waals surface area contributed by atoms with E-state index in [4.69, 9.17) is 5.11 Å². The number of β-amino-alcohol motifs (C(OH)–C–C–N with tert-alkyl or cyclic N) is 1. The summed E-state index contributed by atoms with van der Waals surface area (Å²) in [4.78, 5) is 12.5. The second kappa shape index (κ2) is 5.54. The van der Waals surface area contributed by atoms with E-state index in [0.717, 1.165) is 6.42 Å². The highest BCUT2D eigenvalue weighted by Gasteiger charge is 2.28. The smallest absolute Gasteiger partial charge is 0.292 e. The molecule has 0 aromatic heterocycles. The molecule has 1 aliphatic rings. The van der Waals surface area contributed by atoms with Crippen LogP contribution in [0.5, 0.6) is 0 Å². The lowest BCUT2D eigenvalue weighted by molar-refractivity contribution is -0.384. The molecule has 0 aliphatic carbocycles. The van der Waals surface area contributed by atoms with Crippen LogP contribution in [-0.2, 0) is 6.61 Å².